The molecular formula is C19H17NO4S. The van der Waals surface area contributed by atoms with E-state index in [1.165, 1.54) is 25.6 Å². The Balaban J connectivity index is 1.74. The largest absolute Gasteiger partial charge is 0.496 e. The van der Waals surface area contributed by atoms with Crippen LogP contribution in [0.25, 0.3) is 10.1 Å². The molecule has 0 atom stereocenters. The fraction of sp³-hybridized carbons (Fsp3) is 0.158. The highest BCUT2D eigenvalue weighted by atomic mass is 32.1. The predicted octanol–water partition coefficient (Wildman–Crippen LogP) is 3.63. The highest BCUT2D eigenvalue weighted by Crippen LogP contribution is 2.25. The molecule has 0 aliphatic carbocycles. The summed E-state index contributed by atoms with van der Waals surface area (Å²) in [7, 11) is 2.81. The number of benzene rings is 2. The second kappa shape index (κ2) is 7.36. The van der Waals surface area contributed by atoms with Crippen molar-refractivity contribution in [2.75, 3.05) is 14.2 Å². The number of hydrogen-bond donors (Lipinski definition) is 1. The van der Waals surface area contributed by atoms with E-state index in [1.807, 2.05) is 30.3 Å². The van der Waals surface area contributed by atoms with Crippen molar-refractivity contribution in [2.45, 2.75) is 6.54 Å². The van der Waals surface area contributed by atoms with Crippen molar-refractivity contribution in [3.05, 3.63) is 64.5 Å². The van der Waals surface area contributed by atoms with Crippen LogP contribution in [0, 0.1) is 0 Å². The molecule has 1 aromatic heterocycles. The molecule has 0 saturated heterocycles. The van der Waals surface area contributed by atoms with Gasteiger partial charge in [-0.25, -0.2) is 4.79 Å². The maximum atomic E-state index is 12.4. The minimum absolute atomic E-state index is 0.142. The molecule has 128 valence electrons. The van der Waals surface area contributed by atoms with Gasteiger partial charge < -0.3 is 14.8 Å². The van der Waals surface area contributed by atoms with E-state index in [9.17, 15) is 9.59 Å². The van der Waals surface area contributed by atoms with Gasteiger partial charge >= 0.3 is 5.97 Å². The van der Waals surface area contributed by atoms with Gasteiger partial charge in [0.15, 0.2) is 0 Å². The van der Waals surface area contributed by atoms with Gasteiger partial charge in [-0.15, -0.1) is 11.3 Å². The van der Waals surface area contributed by atoms with Crippen molar-refractivity contribution >= 4 is 33.3 Å². The quantitative estimate of drug-likeness (QED) is 0.710. The molecule has 1 heterocycles. The van der Waals surface area contributed by atoms with Gasteiger partial charge in [0.05, 0.1) is 19.1 Å². The number of carbonyl (C=O) groups is 2. The van der Waals surface area contributed by atoms with E-state index in [-0.39, 0.29) is 5.91 Å². The SMILES string of the molecule is COC(=O)c1cc(CNC(=O)c2cc3ccccc3s2)ccc1OC. The molecule has 1 amide bonds. The third-order valence-electron chi connectivity index (χ3n) is 3.77. The molecule has 6 heteroatoms. The fourth-order valence-electron chi connectivity index (χ4n) is 2.50. The van der Waals surface area contributed by atoms with Gasteiger partial charge in [-0.05, 0) is 35.2 Å². The molecule has 0 unspecified atom stereocenters. The van der Waals surface area contributed by atoms with Crippen LogP contribution in [0.15, 0.2) is 48.5 Å². The number of amides is 1. The summed E-state index contributed by atoms with van der Waals surface area (Å²) in [5, 5.41) is 3.93. The second-order valence-corrected chi connectivity index (χ2v) is 6.44. The number of fused-ring (bicyclic) bond motifs is 1. The maximum Gasteiger partial charge on any atom is 0.341 e. The predicted molar refractivity (Wildman–Crippen MR) is 97.3 cm³/mol. The van der Waals surface area contributed by atoms with Gasteiger partial charge in [0.1, 0.15) is 11.3 Å². The molecule has 3 aromatic rings. The van der Waals surface area contributed by atoms with Gasteiger partial charge in [-0.3, -0.25) is 4.79 Å². The summed E-state index contributed by atoms with van der Waals surface area (Å²) in [6.45, 7) is 0.307. The third-order valence-corrected chi connectivity index (χ3v) is 4.89. The van der Waals surface area contributed by atoms with E-state index in [0.29, 0.717) is 22.7 Å². The fourth-order valence-corrected chi connectivity index (χ4v) is 3.48. The zero-order valence-corrected chi connectivity index (χ0v) is 14.7. The Kier molecular flexibility index (Phi) is 5.00. The third kappa shape index (κ3) is 3.64. The normalized spacial score (nSPS) is 10.5. The zero-order chi connectivity index (χ0) is 17.8. The van der Waals surface area contributed by atoms with Crippen molar-refractivity contribution in [3.63, 3.8) is 0 Å². The monoisotopic (exact) mass is 355 g/mol. The first-order valence-electron chi connectivity index (χ1n) is 7.64. The lowest BCUT2D eigenvalue weighted by molar-refractivity contribution is 0.0597. The lowest BCUT2D eigenvalue weighted by Crippen LogP contribution is -2.22. The minimum Gasteiger partial charge on any atom is -0.496 e. The standard InChI is InChI=1S/C19H17NO4S/c1-23-15-8-7-12(9-14(15)19(22)24-2)11-20-18(21)17-10-13-5-3-4-6-16(13)25-17/h3-10H,11H2,1-2H3,(H,20,21). The lowest BCUT2D eigenvalue weighted by Gasteiger charge is -2.10. The van der Waals surface area contributed by atoms with Gasteiger partial charge in [-0.2, -0.15) is 0 Å². The number of hydrogen-bond acceptors (Lipinski definition) is 5. The summed E-state index contributed by atoms with van der Waals surface area (Å²) >= 11 is 1.45. The number of nitrogens with one attached hydrogen (secondary N) is 1. The number of ether oxygens (including phenoxy) is 2. The van der Waals surface area contributed by atoms with Crippen LogP contribution in [0.2, 0.25) is 0 Å². The van der Waals surface area contributed by atoms with E-state index < -0.39 is 5.97 Å². The molecule has 0 aliphatic rings. The van der Waals surface area contributed by atoms with E-state index in [4.69, 9.17) is 9.47 Å². The minimum atomic E-state index is -0.477. The lowest BCUT2D eigenvalue weighted by atomic mass is 10.1. The van der Waals surface area contributed by atoms with Gasteiger partial charge in [0.25, 0.3) is 5.91 Å². The second-order valence-electron chi connectivity index (χ2n) is 5.36. The number of carbonyl (C=O) groups excluding carboxylic acids is 2. The van der Waals surface area contributed by atoms with Crippen LogP contribution in [-0.2, 0) is 11.3 Å². The zero-order valence-electron chi connectivity index (χ0n) is 13.9. The molecule has 3 rings (SSSR count). The van der Waals surface area contributed by atoms with E-state index in [1.54, 1.807) is 18.2 Å². The number of methoxy groups -OCH3 is 2. The van der Waals surface area contributed by atoms with Gasteiger partial charge in [0.2, 0.25) is 0 Å². The van der Waals surface area contributed by atoms with E-state index in [2.05, 4.69) is 5.32 Å². The number of rotatable bonds is 5. The highest BCUT2D eigenvalue weighted by Gasteiger charge is 2.14. The van der Waals surface area contributed by atoms with Crippen LogP contribution in [0.1, 0.15) is 25.6 Å². The molecule has 0 spiro atoms. The van der Waals surface area contributed by atoms with E-state index >= 15 is 0 Å². The van der Waals surface area contributed by atoms with E-state index in [0.717, 1.165) is 15.6 Å². The molecule has 0 radical (unpaired) electrons. The maximum absolute atomic E-state index is 12.4. The Morgan fingerprint density at radius 3 is 2.60 bits per heavy atom. The van der Waals surface area contributed by atoms with Crippen molar-refractivity contribution in [2.24, 2.45) is 0 Å². The van der Waals surface area contributed by atoms with Crippen LogP contribution in [0.4, 0.5) is 0 Å². The van der Waals surface area contributed by atoms with Crippen LogP contribution in [-0.4, -0.2) is 26.1 Å². The van der Waals surface area contributed by atoms with Gasteiger partial charge in [-0.1, -0.05) is 24.3 Å². The molecule has 0 fully saturated rings. The first-order chi connectivity index (χ1) is 12.1. The number of esters is 1. The Labute approximate surface area is 149 Å². The first kappa shape index (κ1) is 17.0. The van der Waals surface area contributed by atoms with Crippen LogP contribution in [0.5, 0.6) is 5.75 Å². The summed E-state index contributed by atoms with van der Waals surface area (Å²) in [5.74, 6) is -0.183. The highest BCUT2D eigenvalue weighted by molar-refractivity contribution is 7.20. The summed E-state index contributed by atoms with van der Waals surface area (Å²) in [6.07, 6.45) is 0. The van der Waals surface area contributed by atoms with Crippen LogP contribution < -0.4 is 10.1 Å². The summed E-state index contributed by atoms with van der Waals surface area (Å²) in [6, 6.07) is 14.9. The molecule has 25 heavy (non-hydrogen) atoms. The molecule has 1 N–H and O–H groups in total. The van der Waals surface area contributed by atoms with Crippen molar-refractivity contribution < 1.29 is 19.1 Å². The van der Waals surface area contributed by atoms with Crippen molar-refractivity contribution in [1.82, 2.24) is 5.32 Å². The average Bonchev–Trinajstić information content (AvgIpc) is 3.09. The van der Waals surface area contributed by atoms with Crippen molar-refractivity contribution in [3.8, 4) is 5.75 Å². The summed E-state index contributed by atoms with van der Waals surface area (Å²) in [5.41, 5.74) is 1.12. The first-order valence-corrected chi connectivity index (χ1v) is 8.46. The Hall–Kier alpha value is -2.86. The van der Waals surface area contributed by atoms with Gasteiger partial charge in [0, 0.05) is 11.2 Å². The van der Waals surface area contributed by atoms with Crippen LogP contribution in [0.3, 0.4) is 0 Å². The number of thiophene rings is 1. The Morgan fingerprint density at radius 1 is 1.08 bits per heavy atom. The Bertz CT molecular complexity index is 899. The average molecular weight is 355 g/mol. The molecule has 2 aromatic carbocycles. The Morgan fingerprint density at radius 2 is 1.88 bits per heavy atom. The molecule has 0 bridgehead atoms. The van der Waals surface area contributed by atoms with Crippen LogP contribution >= 0.6 is 11.3 Å². The smallest absolute Gasteiger partial charge is 0.341 e. The topological polar surface area (TPSA) is 64.6 Å². The summed E-state index contributed by atoms with van der Waals surface area (Å²) < 4.78 is 11.0. The molecule has 0 aliphatic heterocycles. The molecule has 5 nitrogen and oxygen atoms in total. The molecule has 0 saturated carbocycles. The van der Waals surface area contributed by atoms with Crippen molar-refractivity contribution in [1.29, 1.82) is 0 Å². The summed E-state index contributed by atoms with van der Waals surface area (Å²) in [4.78, 5) is 24.8. The molecular weight excluding hydrogens is 338 g/mol.